The lowest BCUT2D eigenvalue weighted by atomic mass is 10.1. The van der Waals surface area contributed by atoms with Crippen LogP contribution in [0.3, 0.4) is 0 Å². The van der Waals surface area contributed by atoms with Gasteiger partial charge in [-0.05, 0) is 36.2 Å². The molecule has 0 spiro atoms. The molecule has 0 atom stereocenters. The number of hydrogen-bond donors (Lipinski definition) is 1. The van der Waals surface area contributed by atoms with Gasteiger partial charge in [0.2, 0.25) is 0 Å². The smallest absolute Gasteiger partial charge is 0.257 e. The number of nitrogens with zero attached hydrogens (tertiary/aromatic N) is 2. The predicted molar refractivity (Wildman–Crippen MR) is 121 cm³/mol. The molecule has 2 heterocycles. The van der Waals surface area contributed by atoms with Gasteiger partial charge in [0, 0.05) is 36.5 Å². The van der Waals surface area contributed by atoms with E-state index in [2.05, 4.69) is 46.4 Å². The molecular weight excluding hydrogens is 394 g/mol. The third-order valence-electron chi connectivity index (χ3n) is 5.16. The molecular formula is C24H27N3O2S. The zero-order valence-electron chi connectivity index (χ0n) is 17.3. The highest BCUT2D eigenvalue weighted by molar-refractivity contribution is 7.15. The number of anilines is 1. The van der Waals surface area contributed by atoms with E-state index in [0.717, 1.165) is 50.3 Å². The standard InChI is InChI=1S/C24H27N3O2S/c1-2-3-15-29-20-11-9-19(10-12-20)23(28)26-24-25-21-13-14-27(17-22(21)30-24)16-18-7-5-4-6-8-18/h4-12H,2-3,13-17H2,1H3,(H,25,26,28). The molecule has 0 bridgehead atoms. The van der Waals surface area contributed by atoms with Gasteiger partial charge in [0.05, 0.1) is 12.3 Å². The number of benzene rings is 2. The summed E-state index contributed by atoms with van der Waals surface area (Å²) in [5, 5.41) is 3.64. The predicted octanol–water partition coefficient (Wildman–Crippen LogP) is 5.13. The number of carbonyl (C=O) groups excluding carboxylic acids is 1. The van der Waals surface area contributed by atoms with E-state index in [1.165, 1.54) is 10.4 Å². The molecule has 0 aliphatic carbocycles. The normalized spacial score (nSPS) is 13.6. The summed E-state index contributed by atoms with van der Waals surface area (Å²) in [6.45, 7) is 5.63. The van der Waals surface area contributed by atoms with Gasteiger partial charge in [-0.1, -0.05) is 43.7 Å². The molecule has 0 saturated carbocycles. The first-order valence-electron chi connectivity index (χ1n) is 10.5. The fraction of sp³-hybridized carbons (Fsp3) is 0.333. The maximum Gasteiger partial charge on any atom is 0.257 e. The van der Waals surface area contributed by atoms with Gasteiger partial charge in [0.25, 0.3) is 5.91 Å². The molecule has 30 heavy (non-hydrogen) atoms. The Hall–Kier alpha value is -2.70. The van der Waals surface area contributed by atoms with Gasteiger partial charge < -0.3 is 4.74 Å². The van der Waals surface area contributed by atoms with E-state index in [0.29, 0.717) is 17.3 Å². The molecule has 1 aliphatic rings. The molecule has 6 heteroatoms. The number of hydrogen-bond acceptors (Lipinski definition) is 5. The third-order valence-corrected chi connectivity index (χ3v) is 6.16. The number of amides is 1. The second-order valence-corrected chi connectivity index (χ2v) is 8.60. The monoisotopic (exact) mass is 421 g/mol. The SMILES string of the molecule is CCCCOc1ccc(C(=O)Nc2nc3c(s2)CN(Cc2ccccc2)CC3)cc1. The molecule has 1 aromatic heterocycles. The number of rotatable bonds is 8. The van der Waals surface area contributed by atoms with Crippen LogP contribution in [-0.4, -0.2) is 28.9 Å². The zero-order chi connectivity index (χ0) is 20.8. The first-order chi connectivity index (χ1) is 14.7. The minimum atomic E-state index is -0.137. The quantitative estimate of drug-likeness (QED) is 0.512. The number of aromatic nitrogens is 1. The minimum absolute atomic E-state index is 0.137. The van der Waals surface area contributed by atoms with Crippen molar-refractivity contribution < 1.29 is 9.53 Å². The topological polar surface area (TPSA) is 54.5 Å². The summed E-state index contributed by atoms with van der Waals surface area (Å²) in [6, 6.07) is 17.8. The fourth-order valence-electron chi connectivity index (χ4n) is 3.48. The highest BCUT2D eigenvalue weighted by Gasteiger charge is 2.21. The summed E-state index contributed by atoms with van der Waals surface area (Å²) in [4.78, 5) is 20.9. The van der Waals surface area contributed by atoms with E-state index >= 15 is 0 Å². The molecule has 0 saturated heterocycles. The minimum Gasteiger partial charge on any atom is -0.494 e. The van der Waals surface area contributed by atoms with Crippen molar-refractivity contribution in [2.75, 3.05) is 18.5 Å². The van der Waals surface area contributed by atoms with Gasteiger partial charge in [-0.2, -0.15) is 0 Å². The van der Waals surface area contributed by atoms with Crippen molar-refractivity contribution in [2.45, 2.75) is 39.3 Å². The molecule has 0 fully saturated rings. The number of thiazole rings is 1. The van der Waals surface area contributed by atoms with Crippen LogP contribution < -0.4 is 10.1 Å². The molecule has 1 amide bonds. The summed E-state index contributed by atoms with van der Waals surface area (Å²) in [5.41, 5.74) is 3.04. The van der Waals surface area contributed by atoms with Gasteiger partial charge in [0.15, 0.2) is 5.13 Å². The van der Waals surface area contributed by atoms with E-state index in [1.807, 2.05) is 18.2 Å². The van der Waals surface area contributed by atoms with E-state index in [4.69, 9.17) is 4.74 Å². The Bertz CT molecular complexity index is 970. The molecule has 2 aromatic carbocycles. The maximum atomic E-state index is 12.6. The lowest BCUT2D eigenvalue weighted by molar-refractivity contribution is 0.102. The van der Waals surface area contributed by atoms with Crippen molar-refractivity contribution in [3.05, 3.63) is 76.3 Å². The lowest BCUT2D eigenvalue weighted by Crippen LogP contribution is -2.29. The Labute approximate surface area is 181 Å². The highest BCUT2D eigenvalue weighted by Crippen LogP contribution is 2.29. The van der Waals surface area contributed by atoms with Crippen LogP contribution in [0.1, 0.15) is 46.3 Å². The molecule has 1 aliphatic heterocycles. The first kappa shape index (κ1) is 20.6. The molecule has 0 radical (unpaired) electrons. The van der Waals surface area contributed by atoms with Crippen LogP contribution in [0.2, 0.25) is 0 Å². The lowest BCUT2D eigenvalue weighted by Gasteiger charge is -2.25. The molecule has 4 rings (SSSR count). The van der Waals surface area contributed by atoms with Crippen molar-refractivity contribution >= 4 is 22.4 Å². The Kier molecular flexibility index (Phi) is 6.77. The van der Waals surface area contributed by atoms with Crippen LogP contribution in [0.15, 0.2) is 54.6 Å². The Morgan fingerprint density at radius 2 is 1.97 bits per heavy atom. The second kappa shape index (κ2) is 9.87. The summed E-state index contributed by atoms with van der Waals surface area (Å²) in [7, 11) is 0. The van der Waals surface area contributed by atoms with Gasteiger partial charge >= 0.3 is 0 Å². The highest BCUT2D eigenvalue weighted by atomic mass is 32.1. The Balaban J connectivity index is 1.34. The third kappa shape index (κ3) is 5.26. The number of unbranched alkanes of at least 4 members (excludes halogenated alkanes) is 1. The van der Waals surface area contributed by atoms with Crippen LogP contribution in [-0.2, 0) is 19.5 Å². The summed E-state index contributed by atoms with van der Waals surface area (Å²) < 4.78 is 5.66. The second-order valence-electron chi connectivity index (χ2n) is 7.52. The van der Waals surface area contributed by atoms with Gasteiger partial charge in [-0.25, -0.2) is 4.98 Å². The average Bonchev–Trinajstić information content (AvgIpc) is 3.16. The Morgan fingerprint density at radius 3 is 2.73 bits per heavy atom. The number of fused-ring (bicyclic) bond motifs is 1. The van der Waals surface area contributed by atoms with Gasteiger partial charge in [-0.15, -0.1) is 11.3 Å². The van der Waals surface area contributed by atoms with Crippen molar-refractivity contribution in [1.82, 2.24) is 9.88 Å². The molecule has 5 nitrogen and oxygen atoms in total. The summed E-state index contributed by atoms with van der Waals surface area (Å²) in [6.07, 6.45) is 3.04. The van der Waals surface area contributed by atoms with Crippen LogP contribution in [0.4, 0.5) is 5.13 Å². The number of nitrogens with one attached hydrogen (secondary N) is 1. The Morgan fingerprint density at radius 1 is 1.17 bits per heavy atom. The van der Waals surface area contributed by atoms with E-state index in [1.54, 1.807) is 23.5 Å². The molecule has 1 N–H and O–H groups in total. The zero-order valence-corrected chi connectivity index (χ0v) is 18.1. The first-order valence-corrected chi connectivity index (χ1v) is 11.3. The molecule has 3 aromatic rings. The van der Waals surface area contributed by atoms with Crippen molar-refractivity contribution in [3.63, 3.8) is 0 Å². The van der Waals surface area contributed by atoms with Crippen LogP contribution in [0, 0.1) is 0 Å². The van der Waals surface area contributed by atoms with Crippen molar-refractivity contribution in [3.8, 4) is 5.75 Å². The fourth-order valence-corrected chi connectivity index (χ4v) is 4.53. The van der Waals surface area contributed by atoms with Crippen molar-refractivity contribution in [1.29, 1.82) is 0 Å². The van der Waals surface area contributed by atoms with Crippen molar-refractivity contribution in [2.24, 2.45) is 0 Å². The van der Waals surface area contributed by atoms with Crippen LogP contribution in [0.5, 0.6) is 5.75 Å². The number of ether oxygens (including phenoxy) is 1. The van der Waals surface area contributed by atoms with Crippen LogP contribution >= 0.6 is 11.3 Å². The van der Waals surface area contributed by atoms with E-state index in [-0.39, 0.29) is 5.91 Å². The molecule has 156 valence electrons. The average molecular weight is 422 g/mol. The largest absolute Gasteiger partial charge is 0.494 e. The van der Waals surface area contributed by atoms with E-state index in [9.17, 15) is 4.79 Å². The van der Waals surface area contributed by atoms with Crippen LogP contribution in [0.25, 0.3) is 0 Å². The molecule has 0 unspecified atom stereocenters. The summed E-state index contributed by atoms with van der Waals surface area (Å²) in [5.74, 6) is 0.658. The van der Waals surface area contributed by atoms with E-state index < -0.39 is 0 Å². The summed E-state index contributed by atoms with van der Waals surface area (Å²) >= 11 is 1.58. The number of carbonyl (C=O) groups is 1. The maximum absolute atomic E-state index is 12.6. The van der Waals surface area contributed by atoms with Gasteiger partial charge in [0.1, 0.15) is 5.75 Å². The van der Waals surface area contributed by atoms with Gasteiger partial charge in [-0.3, -0.25) is 15.0 Å².